The summed E-state index contributed by atoms with van der Waals surface area (Å²) in [6, 6.07) is 0.582. The molecular formula is C17H31NO. The highest BCUT2D eigenvalue weighted by atomic mass is 16.5. The first-order valence-electron chi connectivity index (χ1n) is 8.39. The summed E-state index contributed by atoms with van der Waals surface area (Å²) in [5.41, 5.74) is 1.53. The fraction of sp³-hybridized carbons (Fsp3) is 0.882. The van der Waals surface area contributed by atoms with Gasteiger partial charge in [-0.05, 0) is 56.1 Å². The van der Waals surface area contributed by atoms with Gasteiger partial charge in [0.2, 0.25) is 0 Å². The zero-order valence-corrected chi connectivity index (χ0v) is 12.8. The van der Waals surface area contributed by atoms with Crippen molar-refractivity contribution in [3.63, 3.8) is 0 Å². The van der Waals surface area contributed by atoms with Crippen molar-refractivity contribution in [2.75, 3.05) is 13.2 Å². The first-order chi connectivity index (χ1) is 9.35. The van der Waals surface area contributed by atoms with E-state index >= 15 is 0 Å². The molecule has 2 aliphatic rings. The van der Waals surface area contributed by atoms with E-state index in [1.807, 2.05) is 0 Å². The summed E-state index contributed by atoms with van der Waals surface area (Å²) in [5, 5.41) is 3.79. The van der Waals surface area contributed by atoms with Crippen LogP contribution in [0.15, 0.2) is 11.8 Å². The van der Waals surface area contributed by atoms with Crippen molar-refractivity contribution in [2.45, 2.75) is 71.3 Å². The Bertz CT molecular complexity index is 279. The Labute approximate surface area is 119 Å². The third-order valence-corrected chi connectivity index (χ3v) is 4.92. The van der Waals surface area contributed by atoms with Crippen molar-refractivity contribution in [2.24, 2.45) is 11.8 Å². The van der Waals surface area contributed by atoms with Crippen LogP contribution in [0.3, 0.4) is 0 Å². The molecule has 19 heavy (non-hydrogen) atoms. The van der Waals surface area contributed by atoms with Gasteiger partial charge in [0, 0.05) is 6.04 Å². The molecule has 1 saturated carbocycles. The smallest absolute Gasteiger partial charge is 0.0876 e. The van der Waals surface area contributed by atoms with Crippen molar-refractivity contribution >= 4 is 0 Å². The molecule has 1 unspecified atom stereocenters. The minimum Gasteiger partial charge on any atom is -0.501 e. The Hall–Kier alpha value is -0.500. The first-order valence-corrected chi connectivity index (χ1v) is 8.39. The Morgan fingerprint density at radius 2 is 2.05 bits per heavy atom. The fourth-order valence-electron chi connectivity index (χ4n) is 3.64. The zero-order valence-electron chi connectivity index (χ0n) is 12.8. The average Bonchev–Trinajstić information content (AvgIpc) is 2.49. The van der Waals surface area contributed by atoms with Crippen molar-refractivity contribution < 1.29 is 4.74 Å². The summed E-state index contributed by atoms with van der Waals surface area (Å²) in [5.74, 6) is 1.82. The lowest BCUT2D eigenvalue weighted by Gasteiger charge is -2.36. The molecule has 0 radical (unpaired) electrons. The molecule has 0 aromatic carbocycles. The van der Waals surface area contributed by atoms with Gasteiger partial charge in [0.05, 0.1) is 12.9 Å². The van der Waals surface area contributed by atoms with Crippen molar-refractivity contribution in [1.29, 1.82) is 0 Å². The van der Waals surface area contributed by atoms with Crippen LogP contribution in [0.4, 0.5) is 0 Å². The molecule has 0 aromatic heterocycles. The molecule has 0 spiro atoms. The minimum absolute atomic E-state index is 0.582. The highest BCUT2D eigenvalue weighted by Gasteiger charge is 2.29. The number of hydrogen-bond donors (Lipinski definition) is 1. The zero-order chi connectivity index (χ0) is 13.5. The number of hydrogen-bond acceptors (Lipinski definition) is 2. The van der Waals surface area contributed by atoms with E-state index in [0.717, 1.165) is 25.0 Å². The summed E-state index contributed by atoms with van der Waals surface area (Å²) >= 11 is 0. The van der Waals surface area contributed by atoms with Gasteiger partial charge >= 0.3 is 0 Å². The topological polar surface area (TPSA) is 21.3 Å². The molecule has 0 saturated heterocycles. The lowest BCUT2D eigenvalue weighted by atomic mass is 9.75. The summed E-state index contributed by atoms with van der Waals surface area (Å²) in [6.45, 7) is 6.64. The summed E-state index contributed by atoms with van der Waals surface area (Å²) in [7, 11) is 0. The molecule has 0 aromatic rings. The highest BCUT2D eigenvalue weighted by molar-refractivity contribution is 5.12. The predicted octanol–water partition coefficient (Wildman–Crippen LogP) is 4.27. The van der Waals surface area contributed by atoms with E-state index in [2.05, 4.69) is 25.4 Å². The predicted molar refractivity (Wildman–Crippen MR) is 81.1 cm³/mol. The van der Waals surface area contributed by atoms with Crippen LogP contribution < -0.4 is 5.32 Å². The molecule has 2 heteroatoms. The van der Waals surface area contributed by atoms with E-state index in [1.54, 1.807) is 0 Å². The van der Waals surface area contributed by atoms with Crippen molar-refractivity contribution in [3.8, 4) is 0 Å². The molecule has 1 fully saturated rings. The Morgan fingerprint density at radius 1 is 1.26 bits per heavy atom. The van der Waals surface area contributed by atoms with Crippen LogP contribution >= 0.6 is 0 Å². The first kappa shape index (κ1) is 14.9. The Kier molecular flexibility index (Phi) is 6.22. The monoisotopic (exact) mass is 265 g/mol. The van der Waals surface area contributed by atoms with Crippen molar-refractivity contribution in [3.05, 3.63) is 11.8 Å². The van der Waals surface area contributed by atoms with E-state index in [1.165, 1.54) is 56.9 Å². The van der Waals surface area contributed by atoms with E-state index in [4.69, 9.17) is 4.74 Å². The lowest BCUT2D eigenvalue weighted by molar-refractivity contribution is 0.195. The maximum absolute atomic E-state index is 5.57. The molecule has 0 bridgehead atoms. The quantitative estimate of drug-likeness (QED) is 0.774. The summed E-state index contributed by atoms with van der Waals surface area (Å²) in [4.78, 5) is 0. The van der Waals surface area contributed by atoms with Gasteiger partial charge in [0.1, 0.15) is 0 Å². The van der Waals surface area contributed by atoms with Crippen LogP contribution in [0.2, 0.25) is 0 Å². The summed E-state index contributed by atoms with van der Waals surface area (Å²) < 4.78 is 5.57. The Morgan fingerprint density at radius 3 is 2.63 bits per heavy atom. The van der Waals surface area contributed by atoms with E-state index in [-0.39, 0.29) is 0 Å². The second-order valence-electron chi connectivity index (χ2n) is 6.29. The maximum atomic E-state index is 5.57. The van der Waals surface area contributed by atoms with Gasteiger partial charge in [-0.3, -0.25) is 0 Å². The van der Waals surface area contributed by atoms with Gasteiger partial charge in [-0.25, -0.2) is 0 Å². The van der Waals surface area contributed by atoms with Crippen LogP contribution in [-0.2, 0) is 4.74 Å². The number of ether oxygens (including phenoxy) is 1. The number of rotatable bonds is 6. The second kappa shape index (κ2) is 7.94. The second-order valence-corrected chi connectivity index (χ2v) is 6.29. The molecule has 1 atom stereocenters. The van der Waals surface area contributed by atoms with Gasteiger partial charge < -0.3 is 10.1 Å². The summed E-state index contributed by atoms with van der Waals surface area (Å²) in [6.07, 6.45) is 12.7. The standard InChI is InChI=1S/C17H31NO/c1-3-11-18-17(16-6-5-12-19-13-16)15-9-7-14(4-2)8-10-15/h13-15,17-18H,3-12H2,1-2H3. The highest BCUT2D eigenvalue weighted by Crippen LogP contribution is 2.35. The van der Waals surface area contributed by atoms with Gasteiger partial charge in [-0.2, -0.15) is 0 Å². The maximum Gasteiger partial charge on any atom is 0.0876 e. The van der Waals surface area contributed by atoms with Crippen LogP contribution in [0, 0.1) is 11.8 Å². The third-order valence-electron chi connectivity index (χ3n) is 4.92. The largest absolute Gasteiger partial charge is 0.501 e. The molecule has 0 amide bonds. The Balaban J connectivity index is 1.95. The third kappa shape index (κ3) is 4.24. The van der Waals surface area contributed by atoms with Crippen LogP contribution in [0.5, 0.6) is 0 Å². The fourth-order valence-corrected chi connectivity index (χ4v) is 3.64. The molecule has 1 heterocycles. The molecule has 2 rings (SSSR count). The van der Waals surface area contributed by atoms with Gasteiger partial charge in [0.15, 0.2) is 0 Å². The SMILES string of the molecule is CCCNC(C1=COCCC1)C1CCC(CC)CC1. The van der Waals surface area contributed by atoms with Crippen LogP contribution in [0.1, 0.15) is 65.2 Å². The van der Waals surface area contributed by atoms with Crippen LogP contribution in [0.25, 0.3) is 0 Å². The van der Waals surface area contributed by atoms with E-state index < -0.39 is 0 Å². The number of nitrogens with one attached hydrogen (secondary N) is 1. The van der Waals surface area contributed by atoms with E-state index in [0.29, 0.717) is 6.04 Å². The van der Waals surface area contributed by atoms with Crippen molar-refractivity contribution in [1.82, 2.24) is 5.32 Å². The molecule has 1 aliphatic heterocycles. The molecule has 1 aliphatic carbocycles. The minimum atomic E-state index is 0.582. The molecular weight excluding hydrogens is 234 g/mol. The molecule has 110 valence electrons. The molecule has 2 nitrogen and oxygen atoms in total. The van der Waals surface area contributed by atoms with Gasteiger partial charge in [0.25, 0.3) is 0 Å². The lowest BCUT2D eigenvalue weighted by Crippen LogP contribution is -2.40. The normalized spacial score (nSPS) is 29.5. The van der Waals surface area contributed by atoms with Gasteiger partial charge in [-0.1, -0.05) is 33.1 Å². The molecule has 1 N–H and O–H groups in total. The van der Waals surface area contributed by atoms with Gasteiger partial charge in [-0.15, -0.1) is 0 Å². The average molecular weight is 265 g/mol. The van der Waals surface area contributed by atoms with Crippen LogP contribution in [-0.4, -0.2) is 19.2 Å². The van der Waals surface area contributed by atoms with E-state index in [9.17, 15) is 0 Å².